The molecule has 1 unspecified atom stereocenters. The van der Waals surface area contributed by atoms with Crippen molar-refractivity contribution in [3.8, 4) is 11.4 Å². The highest BCUT2D eigenvalue weighted by molar-refractivity contribution is 6.12. The minimum absolute atomic E-state index is 0.0482. The van der Waals surface area contributed by atoms with Crippen molar-refractivity contribution < 1.29 is 4.79 Å². The molecule has 0 saturated heterocycles. The molecule has 0 bridgehead atoms. The normalized spacial score (nSPS) is 17.9. The number of imidazole rings is 1. The molecule has 1 aromatic carbocycles. The highest BCUT2D eigenvalue weighted by Gasteiger charge is 2.24. The molecular formula is C17H15N5O. The molecule has 23 heavy (non-hydrogen) atoms. The summed E-state index contributed by atoms with van der Waals surface area (Å²) < 4.78 is 0. The topological polar surface area (TPSA) is 83.0 Å². The van der Waals surface area contributed by atoms with Gasteiger partial charge in [0.2, 0.25) is 5.91 Å². The summed E-state index contributed by atoms with van der Waals surface area (Å²) in [5.74, 6) is 0.811. The van der Waals surface area contributed by atoms with Gasteiger partial charge in [-0.15, -0.1) is 0 Å². The fraction of sp³-hybridized carbons (Fsp3) is 0.176. The van der Waals surface area contributed by atoms with Crippen molar-refractivity contribution in [1.82, 2.24) is 20.4 Å². The van der Waals surface area contributed by atoms with E-state index in [1.54, 1.807) is 12.4 Å². The maximum atomic E-state index is 11.5. The second-order valence-corrected chi connectivity index (χ2v) is 5.66. The molecule has 1 aliphatic heterocycles. The zero-order chi connectivity index (χ0) is 15.8. The number of nitrogens with one attached hydrogen (secondary N) is 2. The van der Waals surface area contributed by atoms with E-state index in [2.05, 4.69) is 20.5 Å². The Morgan fingerprint density at radius 2 is 2.00 bits per heavy atom. The van der Waals surface area contributed by atoms with Gasteiger partial charge in [-0.25, -0.2) is 10.4 Å². The van der Waals surface area contributed by atoms with Crippen molar-refractivity contribution >= 4 is 22.7 Å². The number of pyridine rings is 1. The van der Waals surface area contributed by atoms with Crippen LogP contribution in [0.25, 0.3) is 22.4 Å². The highest BCUT2D eigenvalue weighted by atomic mass is 16.2. The van der Waals surface area contributed by atoms with Crippen LogP contribution in [0.2, 0.25) is 0 Å². The molecule has 6 nitrogen and oxygen atoms in total. The van der Waals surface area contributed by atoms with E-state index in [4.69, 9.17) is 4.98 Å². The Balaban J connectivity index is 1.86. The number of benzene rings is 1. The second-order valence-electron chi connectivity index (χ2n) is 5.66. The number of nitrogens with zero attached hydrogens (tertiary/aromatic N) is 3. The Morgan fingerprint density at radius 3 is 2.78 bits per heavy atom. The Morgan fingerprint density at radius 1 is 1.17 bits per heavy atom. The van der Waals surface area contributed by atoms with Gasteiger partial charge < -0.3 is 4.98 Å². The summed E-state index contributed by atoms with van der Waals surface area (Å²) in [4.78, 5) is 23.6. The molecule has 1 amide bonds. The SMILES string of the molecule is CC1CC(=O)NN=C1c1cccc2[nH]c(-c3ccncc3)nc12. The lowest BCUT2D eigenvalue weighted by atomic mass is 9.93. The third-order valence-corrected chi connectivity index (χ3v) is 4.00. The van der Waals surface area contributed by atoms with Crippen LogP contribution in [0.5, 0.6) is 0 Å². The third kappa shape index (κ3) is 2.38. The van der Waals surface area contributed by atoms with E-state index in [9.17, 15) is 4.79 Å². The van der Waals surface area contributed by atoms with Gasteiger partial charge in [0.25, 0.3) is 0 Å². The van der Waals surface area contributed by atoms with Gasteiger partial charge in [-0.3, -0.25) is 9.78 Å². The second kappa shape index (κ2) is 5.31. The largest absolute Gasteiger partial charge is 0.338 e. The van der Waals surface area contributed by atoms with Crippen molar-refractivity contribution in [2.75, 3.05) is 0 Å². The van der Waals surface area contributed by atoms with Crippen LogP contribution >= 0.6 is 0 Å². The number of amides is 1. The number of aromatic nitrogens is 3. The zero-order valence-corrected chi connectivity index (χ0v) is 12.6. The summed E-state index contributed by atoms with van der Waals surface area (Å²) in [5, 5.41) is 4.25. The molecule has 1 atom stereocenters. The number of hydrazone groups is 1. The molecule has 3 aromatic rings. The number of fused-ring (bicyclic) bond motifs is 1. The van der Waals surface area contributed by atoms with E-state index in [0.717, 1.165) is 33.7 Å². The van der Waals surface area contributed by atoms with Gasteiger partial charge in [-0.05, 0) is 18.2 Å². The number of aromatic amines is 1. The quantitative estimate of drug-likeness (QED) is 0.763. The van der Waals surface area contributed by atoms with Crippen LogP contribution < -0.4 is 5.43 Å². The monoisotopic (exact) mass is 305 g/mol. The average Bonchev–Trinajstić information content (AvgIpc) is 3.00. The van der Waals surface area contributed by atoms with Gasteiger partial charge in [0.15, 0.2) is 0 Å². The highest BCUT2D eigenvalue weighted by Crippen LogP contribution is 2.26. The number of hydrogen-bond donors (Lipinski definition) is 2. The fourth-order valence-corrected chi connectivity index (χ4v) is 2.86. The van der Waals surface area contributed by atoms with Crippen LogP contribution in [0, 0.1) is 5.92 Å². The van der Waals surface area contributed by atoms with Crippen LogP contribution in [0.1, 0.15) is 18.9 Å². The molecule has 2 aromatic heterocycles. The fourth-order valence-electron chi connectivity index (χ4n) is 2.86. The van der Waals surface area contributed by atoms with E-state index in [1.165, 1.54) is 0 Å². The standard InChI is InChI=1S/C17H15N5O/c1-10-9-14(23)21-22-15(10)12-3-2-4-13-16(12)20-17(19-13)11-5-7-18-8-6-11/h2-8,10H,9H2,1H3,(H,19,20)(H,21,23). The molecule has 0 radical (unpaired) electrons. The smallest absolute Gasteiger partial charge is 0.240 e. The van der Waals surface area contributed by atoms with Crippen LogP contribution in [0.4, 0.5) is 0 Å². The Bertz CT molecular complexity index is 913. The molecule has 0 saturated carbocycles. The minimum atomic E-state index is -0.0482. The molecule has 0 fully saturated rings. The molecule has 3 heterocycles. The van der Waals surface area contributed by atoms with Crippen molar-refractivity contribution in [3.63, 3.8) is 0 Å². The van der Waals surface area contributed by atoms with Gasteiger partial charge in [-0.2, -0.15) is 5.10 Å². The van der Waals surface area contributed by atoms with E-state index >= 15 is 0 Å². The summed E-state index contributed by atoms with van der Waals surface area (Å²) in [5.41, 5.74) is 7.17. The molecule has 6 heteroatoms. The lowest BCUT2D eigenvalue weighted by Crippen LogP contribution is -2.32. The average molecular weight is 305 g/mol. The van der Waals surface area contributed by atoms with Gasteiger partial charge in [0, 0.05) is 35.9 Å². The van der Waals surface area contributed by atoms with Crippen LogP contribution in [0.3, 0.4) is 0 Å². The van der Waals surface area contributed by atoms with Gasteiger partial charge in [-0.1, -0.05) is 19.1 Å². The molecular weight excluding hydrogens is 290 g/mol. The maximum Gasteiger partial charge on any atom is 0.240 e. The maximum absolute atomic E-state index is 11.5. The molecule has 2 N–H and O–H groups in total. The molecule has 114 valence electrons. The summed E-state index contributed by atoms with van der Waals surface area (Å²) in [6.07, 6.45) is 3.93. The molecule has 1 aliphatic rings. The van der Waals surface area contributed by atoms with Gasteiger partial charge >= 0.3 is 0 Å². The first-order valence-electron chi connectivity index (χ1n) is 7.48. The summed E-state index contributed by atoms with van der Waals surface area (Å²) in [7, 11) is 0. The number of carbonyl (C=O) groups is 1. The van der Waals surface area contributed by atoms with Crippen LogP contribution in [0.15, 0.2) is 47.8 Å². The minimum Gasteiger partial charge on any atom is -0.338 e. The molecule has 0 spiro atoms. The molecule has 4 rings (SSSR count). The zero-order valence-electron chi connectivity index (χ0n) is 12.6. The Labute approximate surface area is 132 Å². The first-order chi connectivity index (χ1) is 11.2. The number of H-pyrrole nitrogens is 1. The number of hydrogen-bond acceptors (Lipinski definition) is 4. The number of carbonyl (C=O) groups excluding carboxylic acids is 1. The third-order valence-electron chi connectivity index (χ3n) is 4.00. The first kappa shape index (κ1) is 13.6. The Hall–Kier alpha value is -3.02. The Kier molecular flexibility index (Phi) is 3.15. The summed E-state index contributed by atoms with van der Waals surface area (Å²) in [6, 6.07) is 9.78. The van der Waals surface area contributed by atoms with E-state index in [0.29, 0.717) is 6.42 Å². The summed E-state index contributed by atoms with van der Waals surface area (Å²) >= 11 is 0. The predicted molar refractivity (Wildman–Crippen MR) is 87.8 cm³/mol. The van der Waals surface area contributed by atoms with E-state index in [1.807, 2.05) is 37.3 Å². The predicted octanol–water partition coefficient (Wildman–Crippen LogP) is 2.49. The van der Waals surface area contributed by atoms with Crippen molar-refractivity contribution in [2.45, 2.75) is 13.3 Å². The lowest BCUT2D eigenvalue weighted by Gasteiger charge is -2.19. The van der Waals surface area contributed by atoms with Crippen molar-refractivity contribution in [1.29, 1.82) is 0 Å². The lowest BCUT2D eigenvalue weighted by molar-refractivity contribution is -0.121. The van der Waals surface area contributed by atoms with Crippen LogP contribution in [-0.2, 0) is 4.79 Å². The molecule has 0 aliphatic carbocycles. The van der Waals surface area contributed by atoms with Crippen molar-refractivity contribution in [3.05, 3.63) is 48.3 Å². The van der Waals surface area contributed by atoms with Gasteiger partial charge in [0.1, 0.15) is 5.82 Å². The van der Waals surface area contributed by atoms with E-state index in [-0.39, 0.29) is 11.8 Å². The van der Waals surface area contributed by atoms with Crippen LogP contribution in [-0.4, -0.2) is 26.6 Å². The number of rotatable bonds is 2. The first-order valence-corrected chi connectivity index (χ1v) is 7.48. The van der Waals surface area contributed by atoms with Crippen molar-refractivity contribution in [2.24, 2.45) is 11.0 Å². The number of para-hydroxylation sites is 1. The van der Waals surface area contributed by atoms with Gasteiger partial charge in [0.05, 0.1) is 16.7 Å². The summed E-state index contributed by atoms with van der Waals surface area (Å²) in [6.45, 7) is 2.01. The van der Waals surface area contributed by atoms with E-state index < -0.39 is 0 Å².